The van der Waals surface area contributed by atoms with Gasteiger partial charge < -0.3 is 25.2 Å². The van der Waals surface area contributed by atoms with Gasteiger partial charge in [0.2, 0.25) is 11.8 Å². The molecular weight excluding hydrogens is 558 g/mol. The summed E-state index contributed by atoms with van der Waals surface area (Å²) in [6, 6.07) is 30.3. The predicted molar refractivity (Wildman–Crippen MR) is 169 cm³/mol. The Morgan fingerprint density at radius 3 is 2.20 bits per heavy atom. The number of ether oxygens (including phenoxy) is 2. The highest BCUT2D eigenvalue weighted by molar-refractivity contribution is 6.07. The molecule has 0 aliphatic carbocycles. The molecule has 0 unspecified atom stereocenters. The number of carboxylic acid groups (broad SMARTS) is 1. The lowest BCUT2D eigenvalue weighted by molar-refractivity contribution is -0.116. The van der Waals surface area contributed by atoms with E-state index < -0.39 is 11.9 Å². The molecule has 3 N–H and O–H groups in total. The summed E-state index contributed by atoms with van der Waals surface area (Å²) in [7, 11) is 0. The standard InChI is InChI=1S/C35H31N3O6/c39-32(37-27-9-3-1-4-10-27)13-5-2-8-20-43-28-17-14-25-22-29(18-15-24(25)21-28)44-33-19-16-26(23-36-33)34(40)38-31-12-7-6-11-30(31)35(41)42/h1,3-4,6-7,9-12,14-19,21-23H,2,5,8,13,20H2,(H,37,39)(H,38,40)(H,41,42). The first-order valence-corrected chi connectivity index (χ1v) is 14.2. The Hall–Kier alpha value is -5.70. The molecule has 0 spiro atoms. The fourth-order valence-electron chi connectivity index (χ4n) is 4.52. The number of unbranched alkanes of at least 4 members (excludes halogenated alkanes) is 2. The molecule has 0 saturated heterocycles. The lowest BCUT2D eigenvalue weighted by Gasteiger charge is -2.10. The smallest absolute Gasteiger partial charge is 0.337 e. The van der Waals surface area contributed by atoms with Crippen molar-refractivity contribution in [3.05, 3.63) is 120 Å². The van der Waals surface area contributed by atoms with Crippen molar-refractivity contribution in [2.45, 2.75) is 25.7 Å². The quantitative estimate of drug-likeness (QED) is 0.121. The van der Waals surface area contributed by atoms with Crippen molar-refractivity contribution < 1.29 is 29.0 Å². The van der Waals surface area contributed by atoms with Gasteiger partial charge >= 0.3 is 5.97 Å². The van der Waals surface area contributed by atoms with Crippen molar-refractivity contribution in [1.82, 2.24) is 4.98 Å². The largest absolute Gasteiger partial charge is 0.494 e. The zero-order valence-electron chi connectivity index (χ0n) is 23.9. The molecule has 5 aromatic rings. The van der Waals surface area contributed by atoms with Gasteiger partial charge in [0, 0.05) is 24.4 Å². The third-order valence-electron chi connectivity index (χ3n) is 6.78. The summed E-state index contributed by atoms with van der Waals surface area (Å²) < 4.78 is 11.8. The average molecular weight is 590 g/mol. The van der Waals surface area contributed by atoms with E-state index in [-0.39, 0.29) is 22.7 Å². The highest BCUT2D eigenvalue weighted by Gasteiger charge is 2.14. The number of hydrogen-bond donors (Lipinski definition) is 3. The number of carboxylic acids is 1. The van der Waals surface area contributed by atoms with E-state index in [4.69, 9.17) is 9.47 Å². The average Bonchev–Trinajstić information content (AvgIpc) is 3.03. The first-order chi connectivity index (χ1) is 21.4. The van der Waals surface area contributed by atoms with E-state index in [1.807, 2.05) is 66.7 Å². The van der Waals surface area contributed by atoms with Crippen LogP contribution in [-0.4, -0.2) is 34.5 Å². The molecular formula is C35H31N3O6. The second-order valence-electron chi connectivity index (χ2n) is 10.0. The molecule has 0 bridgehead atoms. The molecule has 5 rings (SSSR count). The summed E-state index contributed by atoms with van der Waals surface area (Å²) in [5.74, 6) is 0.0803. The fourth-order valence-corrected chi connectivity index (χ4v) is 4.52. The zero-order valence-corrected chi connectivity index (χ0v) is 23.9. The van der Waals surface area contributed by atoms with Gasteiger partial charge in [-0.15, -0.1) is 0 Å². The number of para-hydroxylation sites is 2. The number of hydrogen-bond acceptors (Lipinski definition) is 6. The summed E-state index contributed by atoms with van der Waals surface area (Å²) in [6.07, 6.45) is 4.40. The van der Waals surface area contributed by atoms with Crippen LogP contribution in [0.2, 0.25) is 0 Å². The fraction of sp³-hybridized carbons (Fsp3) is 0.143. The third kappa shape index (κ3) is 8.19. The highest BCUT2D eigenvalue weighted by Crippen LogP contribution is 2.28. The molecule has 44 heavy (non-hydrogen) atoms. The van der Waals surface area contributed by atoms with E-state index in [9.17, 15) is 19.5 Å². The van der Waals surface area contributed by atoms with Crippen LogP contribution in [0.1, 0.15) is 46.4 Å². The molecule has 222 valence electrons. The molecule has 0 aliphatic rings. The SMILES string of the molecule is O=C(CCCCCOc1ccc2cc(Oc3ccc(C(=O)Nc4ccccc4C(=O)O)cn3)ccc2c1)Nc1ccccc1. The molecule has 2 amide bonds. The van der Waals surface area contributed by atoms with Crippen molar-refractivity contribution in [3.63, 3.8) is 0 Å². The first-order valence-electron chi connectivity index (χ1n) is 14.2. The van der Waals surface area contributed by atoms with Crippen LogP contribution in [0.5, 0.6) is 17.4 Å². The molecule has 1 aromatic heterocycles. The molecule has 0 saturated carbocycles. The van der Waals surface area contributed by atoms with E-state index in [0.29, 0.717) is 24.7 Å². The number of fused-ring (bicyclic) bond motifs is 1. The Morgan fingerprint density at radius 2 is 1.45 bits per heavy atom. The van der Waals surface area contributed by atoms with Crippen LogP contribution in [0.3, 0.4) is 0 Å². The molecule has 4 aromatic carbocycles. The van der Waals surface area contributed by atoms with Gasteiger partial charge in [0.15, 0.2) is 0 Å². The number of carbonyl (C=O) groups excluding carboxylic acids is 2. The van der Waals surface area contributed by atoms with Gasteiger partial charge in [-0.25, -0.2) is 9.78 Å². The maximum Gasteiger partial charge on any atom is 0.337 e. The van der Waals surface area contributed by atoms with E-state index in [1.54, 1.807) is 24.3 Å². The summed E-state index contributed by atoms with van der Waals surface area (Å²) in [4.78, 5) is 40.3. The van der Waals surface area contributed by atoms with E-state index in [1.165, 1.54) is 18.3 Å². The number of pyridine rings is 1. The predicted octanol–water partition coefficient (Wildman–Crippen LogP) is 7.56. The molecule has 0 atom stereocenters. The molecule has 0 aliphatic heterocycles. The van der Waals surface area contributed by atoms with Crippen LogP contribution in [-0.2, 0) is 4.79 Å². The molecule has 0 radical (unpaired) electrons. The molecule has 0 fully saturated rings. The third-order valence-corrected chi connectivity index (χ3v) is 6.78. The maximum atomic E-state index is 12.6. The monoisotopic (exact) mass is 589 g/mol. The minimum atomic E-state index is -1.13. The number of amides is 2. The Morgan fingerprint density at radius 1 is 0.727 bits per heavy atom. The molecule has 9 nitrogen and oxygen atoms in total. The zero-order chi connectivity index (χ0) is 30.7. The Bertz CT molecular complexity index is 1760. The molecule has 1 heterocycles. The number of nitrogens with zero attached hydrogens (tertiary/aromatic N) is 1. The van der Waals surface area contributed by atoms with Crippen molar-refractivity contribution in [2.75, 3.05) is 17.2 Å². The van der Waals surface area contributed by atoms with E-state index in [0.717, 1.165) is 41.5 Å². The number of aromatic nitrogens is 1. The second-order valence-corrected chi connectivity index (χ2v) is 10.0. The van der Waals surface area contributed by atoms with Crippen LogP contribution >= 0.6 is 0 Å². The summed E-state index contributed by atoms with van der Waals surface area (Å²) in [5, 5.41) is 16.8. The van der Waals surface area contributed by atoms with Crippen molar-refractivity contribution in [3.8, 4) is 17.4 Å². The minimum absolute atomic E-state index is 0.00108. The van der Waals surface area contributed by atoms with E-state index >= 15 is 0 Å². The Kier molecular flexibility index (Phi) is 9.79. The molecule has 9 heteroatoms. The van der Waals surface area contributed by atoms with Crippen molar-refractivity contribution >= 4 is 39.9 Å². The van der Waals surface area contributed by atoms with Crippen molar-refractivity contribution in [2.24, 2.45) is 0 Å². The van der Waals surface area contributed by atoms with E-state index in [2.05, 4.69) is 15.6 Å². The lowest BCUT2D eigenvalue weighted by Crippen LogP contribution is -2.15. The second kappa shape index (κ2) is 14.5. The number of benzene rings is 4. The Labute approximate surface area is 254 Å². The number of nitrogens with one attached hydrogen (secondary N) is 2. The summed E-state index contributed by atoms with van der Waals surface area (Å²) in [5.41, 5.74) is 1.28. The summed E-state index contributed by atoms with van der Waals surface area (Å²) >= 11 is 0. The minimum Gasteiger partial charge on any atom is -0.494 e. The Balaban J connectivity index is 1.08. The van der Waals surface area contributed by atoms with Crippen LogP contribution < -0.4 is 20.1 Å². The first kappa shape index (κ1) is 29.8. The maximum absolute atomic E-state index is 12.6. The summed E-state index contributed by atoms with van der Waals surface area (Å²) in [6.45, 7) is 0.568. The van der Waals surface area contributed by atoms with Gasteiger partial charge in [-0.2, -0.15) is 0 Å². The van der Waals surface area contributed by atoms with Gasteiger partial charge in [0.05, 0.1) is 23.4 Å². The number of aromatic carboxylic acids is 1. The number of anilines is 2. The van der Waals surface area contributed by atoms with Crippen LogP contribution in [0.15, 0.2) is 109 Å². The van der Waals surface area contributed by atoms with Gasteiger partial charge in [-0.05, 0) is 84.6 Å². The van der Waals surface area contributed by atoms with Crippen LogP contribution in [0, 0.1) is 0 Å². The van der Waals surface area contributed by atoms with Gasteiger partial charge in [-0.1, -0.05) is 42.5 Å². The van der Waals surface area contributed by atoms with Crippen LogP contribution in [0.25, 0.3) is 10.8 Å². The normalized spacial score (nSPS) is 10.6. The number of carbonyl (C=O) groups is 3. The highest BCUT2D eigenvalue weighted by atomic mass is 16.5. The van der Waals surface area contributed by atoms with Crippen LogP contribution in [0.4, 0.5) is 11.4 Å². The van der Waals surface area contributed by atoms with Gasteiger partial charge in [0.1, 0.15) is 11.5 Å². The topological polar surface area (TPSA) is 127 Å². The van der Waals surface area contributed by atoms with Gasteiger partial charge in [-0.3, -0.25) is 9.59 Å². The lowest BCUT2D eigenvalue weighted by atomic mass is 10.1. The van der Waals surface area contributed by atoms with Crippen molar-refractivity contribution in [1.29, 1.82) is 0 Å². The van der Waals surface area contributed by atoms with Gasteiger partial charge in [0.25, 0.3) is 5.91 Å². The number of rotatable bonds is 13.